The van der Waals surface area contributed by atoms with Crippen molar-refractivity contribution in [1.82, 2.24) is 25.0 Å². The molecule has 2 rings (SSSR count). The van der Waals surface area contributed by atoms with E-state index in [0.717, 1.165) is 10.7 Å². The van der Waals surface area contributed by atoms with Crippen molar-refractivity contribution in [3.05, 3.63) is 12.2 Å². The lowest BCUT2D eigenvalue weighted by Gasteiger charge is -2.10. The Hall–Kier alpha value is -1.76. The van der Waals surface area contributed by atoms with Crippen LogP contribution in [0.1, 0.15) is 12.2 Å². The summed E-state index contributed by atoms with van der Waals surface area (Å²) >= 11 is 0. The van der Waals surface area contributed by atoms with Gasteiger partial charge in [0.05, 0.1) is 19.0 Å². The van der Waals surface area contributed by atoms with Crippen molar-refractivity contribution in [2.24, 2.45) is 7.05 Å². The van der Waals surface area contributed by atoms with Gasteiger partial charge in [0.1, 0.15) is 12.2 Å². The Bertz CT molecular complexity index is 427. The van der Waals surface area contributed by atoms with Gasteiger partial charge in [-0.15, -0.1) is 0 Å². The molecule has 1 aliphatic rings. The minimum Gasteiger partial charge on any atom is -0.298 e. The summed E-state index contributed by atoms with van der Waals surface area (Å²) < 4.78 is 1.62. The fraction of sp³-hybridized carbons (Fsp3) is 0.556. The molecular formula is C9H13N5O2. The highest BCUT2D eigenvalue weighted by atomic mass is 16.2. The molecule has 86 valence electrons. The summed E-state index contributed by atoms with van der Waals surface area (Å²) in [5.74, 6) is 0.391. The van der Waals surface area contributed by atoms with Crippen LogP contribution in [0, 0.1) is 0 Å². The number of hydrogen-bond acceptors (Lipinski definition) is 5. The molecule has 0 aliphatic carbocycles. The molecule has 7 nitrogen and oxygen atoms in total. The second kappa shape index (κ2) is 4.01. The summed E-state index contributed by atoms with van der Waals surface area (Å²) in [5, 5.41) is 6.91. The Morgan fingerprint density at radius 1 is 1.50 bits per heavy atom. The minimum atomic E-state index is -0.436. The Morgan fingerprint density at radius 2 is 2.25 bits per heavy atom. The van der Waals surface area contributed by atoms with Crippen molar-refractivity contribution in [1.29, 1.82) is 0 Å². The quantitative estimate of drug-likeness (QED) is 0.642. The Morgan fingerprint density at radius 3 is 2.75 bits per heavy atom. The second-order valence-corrected chi connectivity index (χ2v) is 3.73. The lowest BCUT2D eigenvalue weighted by atomic mass is 10.2. The number of imide groups is 1. The minimum absolute atomic E-state index is 0.152. The number of likely N-dealkylation sites (tertiary alicyclic amines) is 1. The molecule has 1 N–H and O–H groups in total. The van der Waals surface area contributed by atoms with E-state index in [9.17, 15) is 9.59 Å². The number of aromatic nitrogens is 3. The SMILES string of the molecule is CN1C(=O)CC(NCc2ncnn2C)C1=O. The number of aryl methyl sites for hydroxylation is 1. The van der Waals surface area contributed by atoms with Gasteiger partial charge in [-0.05, 0) is 0 Å². The van der Waals surface area contributed by atoms with E-state index >= 15 is 0 Å². The largest absolute Gasteiger partial charge is 0.298 e. The van der Waals surface area contributed by atoms with Gasteiger partial charge in [-0.3, -0.25) is 24.5 Å². The lowest BCUT2D eigenvalue weighted by Crippen LogP contribution is -2.37. The van der Waals surface area contributed by atoms with Crippen LogP contribution in [0.15, 0.2) is 6.33 Å². The third kappa shape index (κ3) is 1.81. The third-order valence-electron chi connectivity index (χ3n) is 2.69. The van der Waals surface area contributed by atoms with E-state index in [2.05, 4.69) is 15.4 Å². The third-order valence-corrected chi connectivity index (χ3v) is 2.69. The molecular weight excluding hydrogens is 210 g/mol. The summed E-state index contributed by atoms with van der Waals surface area (Å²) in [6.07, 6.45) is 1.66. The van der Waals surface area contributed by atoms with Crippen LogP contribution < -0.4 is 5.32 Å². The van der Waals surface area contributed by atoms with Gasteiger partial charge in [-0.25, -0.2) is 4.98 Å². The Balaban J connectivity index is 1.95. The average molecular weight is 223 g/mol. The molecule has 7 heteroatoms. The fourth-order valence-corrected chi connectivity index (χ4v) is 1.61. The van der Waals surface area contributed by atoms with Gasteiger partial charge in [0, 0.05) is 14.1 Å². The maximum atomic E-state index is 11.6. The zero-order valence-corrected chi connectivity index (χ0v) is 9.17. The van der Waals surface area contributed by atoms with Crippen LogP contribution in [0.2, 0.25) is 0 Å². The number of amides is 2. The van der Waals surface area contributed by atoms with Crippen LogP contribution in [-0.4, -0.2) is 44.6 Å². The molecule has 0 aromatic carbocycles. The Kier molecular flexibility index (Phi) is 2.69. The molecule has 1 aromatic heterocycles. The summed E-state index contributed by atoms with van der Waals surface area (Å²) in [6.45, 7) is 0.425. The lowest BCUT2D eigenvalue weighted by molar-refractivity contribution is -0.137. The molecule has 0 saturated carbocycles. The Labute approximate surface area is 92.4 Å². The molecule has 0 spiro atoms. The molecule has 1 unspecified atom stereocenters. The van der Waals surface area contributed by atoms with Gasteiger partial charge in [0.25, 0.3) is 0 Å². The van der Waals surface area contributed by atoms with E-state index in [1.165, 1.54) is 13.4 Å². The molecule has 0 radical (unpaired) electrons. The van der Waals surface area contributed by atoms with E-state index in [1.807, 2.05) is 0 Å². The summed E-state index contributed by atoms with van der Waals surface area (Å²) in [7, 11) is 3.27. The normalized spacial score (nSPS) is 20.9. The molecule has 2 amide bonds. The molecule has 1 aromatic rings. The van der Waals surface area contributed by atoms with Crippen molar-refractivity contribution >= 4 is 11.8 Å². The molecule has 1 fully saturated rings. The number of nitrogens with one attached hydrogen (secondary N) is 1. The first-order valence-corrected chi connectivity index (χ1v) is 4.96. The van der Waals surface area contributed by atoms with Gasteiger partial charge in [-0.2, -0.15) is 5.10 Å². The average Bonchev–Trinajstić information content (AvgIpc) is 2.76. The van der Waals surface area contributed by atoms with Gasteiger partial charge >= 0.3 is 0 Å². The number of likely N-dealkylation sites (N-methyl/N-ethyl adjacent to an activating group) is 1. The predicted octanol–water partition coefficient (Wildman–Crippen LogP) is -1.34. The highest BCUT2D eigenvalue weighted by Crippen LogP contribution is 2.10. The molecule has 1 saturated heterocycles. The fourth-order valence-electron chi connectivity index (χ4n) is 1.61. The van der Waals surface area contributed by atoms with Crippen LogP contribution >= 0.6 is 0 Å². The van der Waals surface area contributed by atoms with Crippen LogP contribution in [0.4, 0.5) is 0 Å². The first-order chi connectivity index (χ1) is 7.59. The van der Waals surface area contributed by atoms with Crippen LogP contribution in [-0.2, 0) is 23.2 Å². The van der Waals surface area contributed by atoms with Crippen molar-refractivity contribution in [3.63, 3.8) is 0 Å². The first-order valence-electron chi connectivity index (χ1n) is 4.96. The van der Waals surface area contributed by atoms with Crippen molar-refractivity contribution < 1.29 is 9.59 Å². The van der Waals surface area contributed by atoms with E-state index < -0.39 is 6.04 Å². The summed E-state index contributed by atoms with van der Waals surface area (Å²) in [4.78, 5) is 28.0. The first kappa shape index (κ1) is 10.7. The van der Waals surface area contributed by atoms with Gasteiger partial charge in [-0.1, -0.05) is 0 Å². The predicted molar refractivity (Wildman–Crippen MR) is 54.0 cm³/mol. The zero-order valence-electron chi connectivity index (χ0n) is 9.17. The number of nitrogens with zero attached hydrogens (tertiary/aromatic N) is 4. The molecule has 1 atom stereocenters. The highest BCUT2D eigenvalue weighted by Gasteiger charge is 2.35. The van der Waals surface area contributed by atoms with E-state index in [-0.39, 0.29) is 18.2 Å². The van der Waals surface area contributed by atoms with Gasteiger partial charge in [0.15, 0.2) is 0 Å². The topological polar surface area (TPSA) is 80.1 Å². The number of rotatable bonds is 3. The standard InChI is InChI=1S/C9H13N5O2/c1-13-8(15)3-6(9(13)16)10-4-7-11-5-12-14(7)2/h5-6,10H,3-4H2,1-2H3. The van der Waals surface area contributed by atoms with E-state index in [4.69, 9.17) is 0 Å². The van der Waals surface area contributed by atoms with Gasteiger partial charge in [0.2, 0.25) is 11.8 Å². The van der Waals surface area contributed by atoms with Crippen molar-refractivity contribution in [3.8, 4) is 0 Å². The molecule has 0 bridgehead atoms. The second-order valence-electron chi connectivity index (χ2n) is 3.73. The molecule has 2 heterocycles. The number of carbonyl (C=O) groups excluding carboxylic acids is 2. The van der Waals surface area contributed by atoms with Gasteiger partial charge < -0.3 is 0 Å². The van der Waals surface area contributed by atoms with Crippen molar-refractivity contribution in [2.45, 2.75) is 19.0 Å². The smallest absolute Gasteiger partial charge is 0.246 e. The summed E-state index contributed by atoms with van der Waals surface area (Å²) in [5.41, 5.74) is 0. The number of carbonyl (C=O) groups is 2. The van der Waals surface area contributed by atoms with Crippen LogP contribution in [0.5, 0.6) is 0 Å². The molecule has 1 aliphatic heterocycles. The monoisotopic (exact) mass is 223 g/mol. The van der Waals surface area contributed by atoms with E-state index in [1.54, 1.807) is 11.7 Å². The van der Waals surface area contributed by atoms with Crippen LogP contribution in [0.25, 0.3) is 0 Å². The number of hydrogen-bond donors (Lipinski definition) is 1. The van der Waals surface area contributed by atoms with Crippen molar-refractivity contribution in [2.75, 3.05) is 7.05 Å². The highest BCUT2D eigenvalue weighted by molar-refractivity contribution is 6.05. The maximum absolute atomic E-state index is 11.6. The van der Waals surface area contributed by atoms with Crippen LogP contribution in [0.3, 0.4) is 0 Å². The maximum Gasteiger partial charge on any atom is 0.246 e. The van der Waals surface area contributed by atoms with E-state index in [0.29, 0.717) is 6.54 Å². The molecule has 16 heavy (non-hydrogen) atoms. The zero-order chi connectivity index (χ0) is 11.7. The summed E-state index contributed by atoms with van der Waals surface area (Å²) in [6, 6.07) is -0.436.